The standard InChI is InChI=1S/C19H21N5O2/c1-24-10-13(8-22-24)16-7-17-15(3-2-6-21-17)18(23-16)25-11-14-9-20-12-19(26-14)4-5-19/h2-3,6-8,10,14,20H,4-5,9,11-12H2,1H3/t14-/m0/s1. The predicted molar refractivity (Wildman–Crippen MR) is 96.9 cm³/mol. The summed E-state index contributed by atoms with van der Waals surface area (Å²) in [7, 11) is 1.89. The minimum absolute atomic E-state index is 0.0434. The van der Waals surface area contributed by atoms with Gasteiger partial charge in [0.2, 0.25) is 5.88 Å². The fourth-order valence-electron chi connectivity index (χ4n) is 3.45. The molecule has 7 heteroatoms. The highest BCUT2D eigenvalue weighted by molar-refractivity contribution is 5.86. The molecule has 1 aliphatic carbocycles. The first kappa shape index (κ1) is 15.7. The topological polar surface area (TPSA) is 74.1 Å². The monoisotopic (exact) mass is 351 g/mol. The van der Waals surface area contributed by atoms with E-state index in [1.54, 1.807) is 17.1 Å². The van der Waals surface area contributed by atoms with Crippen LogP contribution in [0.15, 0.2) is 36.8 Å². The van der Waals surface area contributed by atoms with Crippen molar-refractivity contribution in [2.24, 2.45) is 7.05 Å². The van der Waals surface area contributed by atoms with Gasteiger partial charge in [0.15, 0.2) is 0 Å². The molecule has 7 nitrogen and oxygen atoms in total. The van der Waals surface area contributed by atoms with Gasteiger partial charge in [-0.2, -0.15) is 5.10 Å². The van der Waals surface area contributed by atoms with Crippen molar-refractivity contribution in [2.45, 2.75) is 24.5 Å². The second kappa shape index (κ2) is 6.03. The third-order valence-corrected chi connectivity index (χ3v) is 5.01. The number of hydrogen-bond donors (Lipinski definition) is 1. The van der Waals surface area contributed by atoms with Crippen molar-refractivity contribution in [2.75, 3.05) is 19.7 Å². The minimum atomic E-state index is 0.0434. The Morgan fingerprint density at radius 1 is 1.42 bits per heavy atom. The van der Waals surface area contributed by atoms with E-state index in [1.165, 1.54) is 0 Å². The molecule has 3 aromatic heterocycles. The molecule has 4 heterocycles. The number of aromatic nitrogens is 4. The Labute approximate surface area is 151 Å². The molecule has 1 aliphatic heterocycles. The van der Waals surface area contributed by atoms with Gasteiger partial charge >= 0.3 is 0 Å². The van der Waals surface area contributed by atoms with Crippen molar-refractivity contribution >= 4 is 10.9 Å². The summed E-state index contributed by atoms with van der Waals surface area (Å²) in [6, 6.07) is 5.86. The van der Waals surface area contributed by atoms with Gasteiger partial charge in [-0.05, 0) is 31.0 Å². The molecule has 0 radical (unpaired) electrons. The highest BCUT2D eigenvalue weighted by Gasteiger charge is 2.47. The third kappa shape index (κ3) is 2.93. The zero-order chi connectivity index (χ0) is 17.6. The number of nitrogens with one attached hydrogen (secondary N) is 1. The summed E-state index contributed by atoms with van der Waals surface area (Å²) >= 11 is 0. The maximum Gasteiger partial charge on any atom is 0.223 e. The lowest BCUT2D eigenvalue weighted by molar-refractivity contribution is -0.0716. The summed E-state index contributed by atoms with van der Waals surface area (Å²) in [5.74, 6) is 0.591. The molecule has 1 atom stereocenters. The van der Waals surface area contributed by atoms with Gasteiger partial charge in [0.1, 0.15) is 12.7 Å². The molecule has 5 rings (SSSR count). The van der Waals surface area contributed by atoms with Crippen LogP contribution in [0.25, 0.3) is 22.2 Å². The maximum absolute atomic E-state index is 6.19. The van der Waals surface area contributed by atoms with Crippen LogP contribution in [0, 0.1) is 0 Å². The predicted octanol–water partition coefficient (Wildman–Crippen LogP) is 1.93. The summed E-state index contributed by atoms with van der Waals surface area (Å²) in [5, 5.41) is 8.59. The van der Waals surface area contributed by atoms with Crippen molar-refractivity contribution in [1.29, 1.82) is 0 Å². The van der Waals surface area contributed by atoms with Gasteiger partial charge in [0.05, 0.1) is 28.4 Å². The Morgan fingerprint density at radius 3 is 3.15 bits per heavy atom. The van der Waals surface area contributed by atoms with E-state index in [0.29, 0.717) is 12.5 Å². The van der Waals surface area contributed by atoms with Gasteiger partial charge in [-0.25, -0.2) is 4.98 Å². The summed E-state index contributed by atoms with van der Waals surface area (Å²) < 4.78 is 14.1. The Morgan fingerprint density at radius 2 is 2.35 bits per heavy atom. The first-order valence-electron chi connectivity index (χ1n) is 8.97. The lowest BCUT2D eigenvalue weighted by Crippen LogP contribution is -2.48. The smallest absolute Gasteiger partial charge is 0.223 e. The molecule has 2 aliphatic rings. The van der Waals surface area contributed by atoms with Crippen LogP contribution >= 0.6 is 0 Å². The van der Waals surface area contributed by atoms with Crippen LogP contribution in [0.1, 0.15) is 12.8 Å². The quantitative estimate of drug-likeness (QED) is 0.774. The Kier molecular flexibility index (Phi) is 3.65. The molecule has 26 heavy (non-hydrogen) atoms. The van der Waals surface area contributed by atoms with Gasteiger partial charge < -0.3 is 14.8 Å². The lowest BCUT2D eigenvalue weighted by Gasteiger charge is -2.30. The van der Waals surface area contributed by atoms with Gasteiger partial charge in [-0.15, -0.1) is 0 Å². The summed E-state index contributed by atoms with van der Waals surface area (Å²) in [4.78, 5) is 9.20. The fourth-order valence-corrected chi connectivity index (χ4v) is 3.45. The zero-order valence-corrected chi connectivity index (χ0v) is 14.7. The minimum Gasteiger partial charge on any atom is -0.474 e. The Hall–Kier alpha value is -2.51. The van der Waals surface area contributed by atoms with E-state index >= 15 is 0 Å². The molecular formula is C19H21N5O2. The van der Waals surface area contributed by atoms with E-state index in [4.69, 9.17) is 14.5 Å². The van der Waals surface area contributed by atoms with Crippen LogP contribution < -0.4 is 10.1 Å². The van der Waals surface area contributed by atoms with E-state index in [-0.39, 0.29) is 11.7 Å². The molecule has 0 aromatic carbocycles. The van der Waals surface area contributed by atoms with Crippen LogP contribution in [0.2, 0.25) is 0 Å². The molecular weight excluding hydrogens is 330 g/mol. The van der Waals surface area contributed by atoms with Crippen molar-refractivity contribution in [3.63, 3.8) is 0 Å². The first-order chi connectivity index (χ1) is 12.7. The number of ether oxygens (including phenoxy) is 2. The van der Waals surface area contributed by atoms with Crippen LogP contribution in [0.4, 0.5) is 0 Å². The second-order valence-electron chi connectivity index (χ2n) is 7.15. The molecule has 1 N–H and O–H groups in total. The van der Waals surface area contributed by atoms with Crippen molar-refractivity contribution in [1.82, 2.24) is 25.1 Å². The van der Waals surface area contributed by atoms with Gasteiger partial charge in [0, 0.05) is 38.1 Å². The number of nitrogens with zero attached hydrogens (tertiary/aromatic N) is 4. The van der Waals surface area contributed by atoms with Gasteiger partial charge in [-0.1, -0.05) is 0 Å². The molecule has 1 saturated heterocycles. The SMILES string of the molecule is Cn1cc(-c2cc3ncccc3c(OC[C@@H]3CNCC4(CC4)O3)n2)cn1. The second-order valence-corrected chi connectivity index (χ2v) is 7.15. The van der Waals surface area contributed by atoms with E-state index in [9.17, 15) is 0 Å². The lowest BCUT2D eigenvalue weighted by atomic mass is 10.2. The maximum atomic E-state index is 6.19. The van der Waals surface area contributed by atoms with Crippen LogP contribution in [0.3, 0.4) is 0 Å². The third-order valence-electron chi connectivity index (χ3n) is 5.01. The number of aryl methyl sites for hydroxylation is 1. The number of hydrogen-bond acceptors (Lipinski definition) is 6. The highest BCUT2D eigenvalue weighted by atomic mass is 16.6. The summed E-state index contributed by atoms with van der Waals surface area (Å²) in [5.41, 5.74) is 2.66. The normalized spacial score (nSPS) is 21.2. The highest BCUT2D eigenvalue weighted by Crippen LogP contribution is 2.41. The van der Waals surface area contributed by atoms with E-state index in [0.717, 1.165) is 48.1 Å². The summed E-state index contributed by atoms with van der Waals surface area (Å²) in [6.07, 6.45) is 7.83. The molecule has 134 valence electrons. The fraction of sp³-hybridized carbons (Fsp3) is 0.421. The van der Waals surface area contributed by atoms with Crippen LogP contribution in [-0.2, 0) is 11.8 Å². The molecule has 2 fully saturated rings. The van der Waals surface area contributed by atoms with E-state index in [1.807, 2.05) is 31.4 Å². The van der Waals surface area contributed by atoms with Crippen LogP contribution in [-0.4, -0.2) is 51.1 Å². The van der Waals surface area contributed by atoms with Crippen molar-refractivity contribution in [3.8, 4) is 17.1 Å². The first-order valence-corrected chi connectivity index (χ1v) is 8.97. The largest absolute Gasteiger partial charge is 0.474 e. The summed E-state index contributed by atoms with van der Waals surface area (Å²) in [6.45, 7) is 2.23. The molecule has 0 amide bonds. The number of fused-ring (bicyclic) bond motifs is 1. The number of rotatable bonds is 4. The Bertz CT molecular complexity index is 950. The van der Waals surface area contributed by atoms with E-state index in [2.05, 4.69) is 15.4 Å². The molecule has 0 unspecified atom stereocenters. The molecule has 1 spiro atoms. The van der Waals surface area contributed by atoms with Crippen LogP contribution in [0.5, 0.6) is 5.88 Å². The number of morpholine rings is 1. The Balaban J connectivity index is 1.43. The van der Waals surface area contributed by atoms with Gasteiger partial charge in [-0.3, -0.25) is 9.67 Å². The zero-order valence-electron chi connectivity index (χ0n) is 14.7. The van der Waals surface area contributed by atoms with Gasteiger partial charge in [0.25, 0.3) is 0 Å². The average molecular weight is 351 g/mol. The molecule has 0 bridgehead atoms. The molecule has 3 aromatic rings. The van der Waals surface area contributed by atoms with Crippen molar-refractivity contribution in [3.05, 3.63) is 36.8 Å². The molecule has 1 saturated carbocycles. The average Bonchev–Trinajstić information content (AvgIpc) is 3.25. The number of pyridine rings is 2. The van der Waals surface area contributed by atoms with Crippen molar-refractivity contribution < 1.29 is 9.47 Å². The van der Waals surface area contributed by atoms with E-state index < -0.39 is 0 Å².